The molecule has 3 aliphatic heterocycles. The van der Waals surface area contributed by atoms with Gasteiger partial charge >= 0.3 is 0 Å². The molecule has 1 aromatic heterocycles. The van der Waals surface area contributed by atoms with Crippen molar-refractivity contribution in [1.29, 1.82) is 0 Å². The molecule has 0 aliphatic carbocycles. The first-order valence-electron chi connectivity index (χ1n) is 7.27. The Morgan fingerprint density at radius 1 is 1.62 bits per heavy atom. The molecule has 6 nitrogen and oxygen atoms in total. The molecule has 3 fully saturated rings. The van der Waals surface area contributed by atoms with E-state index in [4.69, 9.17) is 9.47 Å². The van der Waals surface area contributed by atoms with Crippen molar-refractivity contribution in [2.45, 2.75) is 24.5 Å². The molecular weight excluding hydrogens is 277 g/mol. The van der Waals surface area contributed by atoms with Gasteiger partial charge in [0.25, 0.3) is 5.88 Å². The molecule has 1 spiro atoms. The highest BCUT2D eigenvalue weighted by atomic mass is 19.1. The van der Waals surface area contributed by atoms with Crippen LogP contribution in [0.15, 0.2) is 6.20 Å². The number of hydrogen-bond donors (Lipinski definition) is 1. The molecule has 0 saturated carbocycles. The van der Waals surface area contributed by atoms with Gasteiger partial charge in [0.1, 0.15) is 0 Å². The molecule has 4 rings (SSSR count). The summed E-state index contributed by atoms with van der Waals surface area (Å²) in [5.74, 6) is 0.329. The van der Waals surface area contributed by atoms with Gasteiger partial charge in [-0.05, 0) is 12.8 Å². The second kappa shape index (κ2) is 4.51. The molecule has 0 aromatic carbocycles. The Labute approximate surface area is 121 Å². The minimum absolute atomic E-state index is 0.0431. The topological polar surface area (TPSA) is 67.7 Å². The van der Waals surface area contributed by atoms with Crippen LogP contribution in [-0.4, -0.2) is 53.6 Å². The van der Waals surface area contributed by atoms with Crippen molar-refractivity contribution in [2.75, 3.05) is 31.7 Å². The molecule has 1 aromatic rings. The Morgan fingerprint density at radius 2 is 2.48 bits per heavy atom. The van der Waals surface area contributed by atoms with Crippen LogP contribution in [0.25, 0.3) is 0 Å². The van der Waals surface area contributed by atoms with Crippen LogP contribution in [-0.2, 0) is 4.74 Å². The van der Waals surface area contributed by atoms with Gasteiger partial charge in [-0.3, -0.25) is 0 Å². The van der Waals surface area contributed by atoms with Gasteiger partial charge in [-0.15, -0.1) is 0 Å². The molecule has 4 heterocycles. The highest BCUT2D eigenvalue weighted by Gasteiger charge is 2.63. The van der Waals surface area contributed by atoms with Gasteiger partial charge < -0.3 is 19.5 Å². The van der Waals surface area contributed by atoms with E-state index in [1.54, 1.807) is 0 Å². The van der Waals surface area contributed by atoms with Crippen molar-refractivity contribution in [3.8, 4) is 5.88 Å². The van der Waals surface area contributed by atoms with E-state index in [9.17, 15) is 9.50 Å². The number of fused-ring (bicyclic) bond motifs is 1. The molecule has 4 atom stereocenters. The van der Waals surface area contributed by atoms with Crippen LogP contribution in [0.3, 0.4) is 0 Å². The molecule has 114 valence electrons. The summed E-state index contributed by atoms with van der Waals surface area (Å²) in [4.78, 5) is 10.2. The van der Waals surface area contributed by atoms with Crippen molar-refractivity contribution in [1.82, 2.24) is 9.97 Å². The van der Waals surface area contributed by atoms with E-state index >= 15 is 0 Å². The third-order valence-electron chi connectivity index (χ3n) is 5.17. The second-order valence-corrected chi connectivity index (χ2v) is 6.12. The summed E-state index contributed by atoms with van der Waals surface area (Å²) in [6, 6.07) is 0. The number of methoxy groups -OCH3 is 1. The predicted molar refractivity (Wildman–Crippen MR) is 71.7 cm³/mol. The van der Waals surface area contributed by atoms with Crippen molar-refractivity contribution in [3.05, 3.63) is 12.0 Å². The Morgan fingerprint density at radius 3 is 3.24 bits per heavy atom. The first kappa shape index (κ1) is 13.2. The number of aliphatic hydroxyl groups excluding tert-OH is 1. The number of anilines is 1. The van der Waals surface area contributed by atoms with E-state index in [1.165, 1.54) is 7.11 Å². The Hall–Kier alpha value is -1.47. The van der Waals surface area contributed by atoms with Crippen molar-refractivity contribution >= 4 is 5.95 Å². The van der Waals surface area contributed by atoms with Gasteiger partial charge in [-0.25, -0.2) is 4.98 Å². The van der Waals surface area contributed by atoms with E-state index in [2.05, 4.69) is 9.97 Å². The number of rotatable bonds is 3. The summed E-state index contributed by atoms with van der Waals surface area (Å²) in [6.45, 7) is 1.58. The third-order valence-corrected chi connectivity index (χ3v) is 5.17. The number of halogens is 1. The van der Waals surface area contributed by atoms with E-state index < -0.39 is 5.82 Å². The van der Waals surface area contributed by atoms with Gasteiger partial charge in [-0.2, -0.15) is 9.37 Å². The minimum atomic E-state index is -0.566. The number of hydrogen-bond acceptors (Lipinski definition) is 6. The van der Waals surface area contributed by atoms with E-state index in [-0.39, 0.29) is 30.1 Å². The van der Waals surface area contributed by atoms with Crippen molar-refractivity contribution in [3.63, 3.8) is 0 Å². The number of ether oxygens (including phenoxy) is 2. The van der Waals surface area contributed by atoms with Gasteiger partial charge in [0, 0.05) is 25.0 Å². The quantitative estimate of drug-likeness (QED) is 0.881. The highest BCUT2D eigenvalue weighted by molar-refractivity contribution is 5.38. The fourth-order valence-electron chi connectivity index (χ4n) is 4.23. The first-order valence-corrected chi connectivity index (χ1v) is 7.27. The van der Waals surface area contributed by atoms with Crippen molar-refractivity contribution in [2.24, 2.45) is 11.8 Å². The molecule has 0 unspecified atom stereocenters. The Balaban J connectivity index is 1.62. The van der Waals surface area contributed by atoms with Gasteiger partial charge in [0.15, 0.2) is 0 Å². The lowest BCUT2D eigenvalue weighted by Gasteiger charge is -2.27. The van der Waals surface area contributed by atoms with Crippen LogP contribution in [0.4, 0.5) is 10.3 Å². The average molecular weight is 295 g/mol. The zero-order chi connectivity index (χ0) is 14.6. The summed E-state index contributed by atoms with van der Waals surface area (Å²) in [5, 5.41) is 9.61. The summed E-state index contributed by atoms with van der Waals surface area (Å²) in [7, 11) is 1.39. The predicted octanol–water partition coefficient (Wildman–Crippen LogP) is 0.600. The monoisotopic (exact) mass is 295 g/mol. The number of aliphatic hydroxyl groups is 1. The lowest BCUT2D eigenvalue weighted by Crippen LogP contribution is -2.37. The van der Waals surface area contributed by atoms with E-state index in [1.807, 2.05) is 4.90 Å². The average Bonchev–Trinajstić information content (AvgIpc) is 3.14. The Kier molecular flexibility index (Phi) is 2.84. The summed E-state index contributed by atoms with van der Waals surface area (Å²) in [5.41, 5.74) is -0.191. The fraction of sp³-hybridized carbons (Fsp3) is 0.714. The molecule has 21 heavy (non-hydrogen) atoms. The van der Waals surface area contributed by atoms with E-state index in [0.717, 1.165) is 25.6 Å². The summed E-state index contributed by atoms with van der Waals surface area (Å²) >= 11 is 0. The maximum Gasteiger partial charge on any atom is 0.255 e. The zero-order valence-corrected chi connectivity index (χ0v) is 11.8. The smallest absolute Gasteiger partial charge is 0.255 e. The number of nitrogens with zero attached hydrogens (tertiary/aromatic N) is 3. The SMILES string of the molecule is COc1nc(N2C[C@@H]3[C@H](CO)[C@H]4CC[C@]3(C2)O4)ncc1F. The molecule has 1 N–H and O–H groups in total. The molecule has 3 aliphatic rings. The standard InChI is InChI=1S/C14H18FN3O3/c1-20-12-10(15)4-16-13(17-12)18-5-9-8(6-19)11-2-3-14(9,7-18)21-11/h4,8-9,11,19H,2-3,5-7H2,1H3/t8-,9+,11+,14+/m0/s1. The largest absolute Gasteiger partial charge is 0.479 e. The molecular formula is C14H18FN3O3. The van der Waals surface area contributed by atoms with Crippen LogP contribution < -0.4 is 9.64 Å². The normalized spacial score (nSPS) is 37.1. The minimum Gasteiger partial charge on any atom is -0.479 e. The molecule has 0 radical (unpaired) electrons. The van der Waals surface area contributed by atoms with Crippen LogP contribution in [0.2, 0.25) is 0 Å². The Bertz CT molecular complexity index is 572. The van der Waals surface area contributed by atoms with Crippen LogP contribution in [0, 0.1) is 17.7 Å². The third kappa shape index (κ3) is 1.77. The van der Waals surface area contributed by atoms with Gasteiger partial charge in [-0.1, -0.05) is 0 Å². The van der Waals surface area contributed by atoms with Crippen molar-refractivity contribution < 1.29 is 19.0 Å². The van der Waals surface area contributed by atoms with Crippen LogP contribution >= 0.6 is 0 Å². The molecule has 0 amide bonds. The van der Waals surface area contributed by atoms with Crippen LogP contribution in [0.5, 0.6) is 5.88 Å². The lowest BCUT2D eigenvalue weighted by molar-refractivity contribution is 0.0128. The zero-order valence-electron chi connectivity index (χ0n) is 11.8. The van der Waals surface area contributed by atoms with E-state index in [0.29, 0.717) is 18.4 Å². The molecule has 7 heteroatoms. The fourth-order valence-corrected chi connectivity index (χ4v) is 4.23. The maximum atomic E-state index is 13.4. The van der Waals surface area contributed by atoms with Gasteiger partial charge in [0.05, 0.1) is 31.6 Å². The second-order valence-electron chi connectivity index (χ2n) is 6.12. The molecule has 2 bridgehead atoms. The lowest BCUT2D eigenvalue weighted by atomic mass is 9.74. The maximum absolute atomic E-state index is 13.4. The number of aromatic nitrogens is 2. The van der Waals surface area contributed by atoms with Crippen LogP contribution in [0.1, 0.15) is 12.8 Å². The summed E-state index contributed by atoms with van der Waals surface area (Å²) in [6.07, 6.45) is 3.33. The highest BCUT2D eigenvalue weighted by Crippen LogP contribution is 2.54. The molecule has 3 saturated heterocycles. The summed E-state index contributed by atoms with van der Waals surface area (Å²) < 4.78 is 24.5. The van der Waals surface area contributed by atoms with Gasteiger partial charge in [0.2, 0.25) is 11.8 Å². The first-order chi connectivity index (χ1) is 10.2.